The van der Waals surface area contributed by atoms with Gasteiger partial charge in [0, 0.05) is 11.6 Å². The zero-order valence-electron chi connectivity index (χ0n) is 9.95. The maximum atomic E-state index is 13.6. The normalized spacial score (nSPS) is 10.2. The summed E-state index contributed by atoms with van der Waals surface area (Å²) in [5.41, 5.74) is 5.40. The fourth-order valence-electron chi connectivity index (χ4n) is 1.54. The van der Waals surface area contributed by atoms with E-state index in [0.29, 0.717) is 6.54 Å². The summed E-state index contributed by atoms with van der Waals surface area (Å²) < 4.78 is 13.6. The van der Waals surface area contributed by atoms with Crippen molar-refractivity contribution in [3.8, 4) is 0 Å². The van der Waals surface area contributed by atoms with Crippen LogP contribution in [0.2, 0.25) is 5.02 Å². The van der Waals surface area contributed by atoms with Gasteiger partial charge >= 0.3 is 0 Å². The summed E-state index contributed by atoms with van der Waals surface area (Å²) in [6.07, 6.45) is 0.740. The Kier molecular flexibility index (Phi) is 5.50. The molecule has 1 amide bonds. The van der Waals surface area contributed by atoms with E-state index >= 15 is 0 Å². The van der Waals surface area contributed by atoms with E-state index in [1.54, 1.807) is 0 Å². The Hall–Kier alpha value is -1.20. The summed E-state index contributed by atoms with van der Waals surface area (Å²) in [5.74, 6) is -1.07. The molecule has 3 nitrogen and oxygen atoms in total. The molecule has 1 aromatic carbocycles. The molecule has 0 aliphatic rings. The van der Waals surface area contributed by atoms with Crippen LogP contribution >= 0.6 is 23.8 Å². The van der Waals surface area contributed by atoms with Gasteiger partial charge in [-0.2, -0.15) is 0 Å². The Morgan fingerprint density at radius 3 is 2.72 bits per heavy atom. The molecule has 0 aliphatic heterocycles. The smallest absolute Gasteiger partial charge is 0.257 e. The van der Waals surface area contributed by atoms with Crippen LogP contribution in [0.25, 0.3) is 0 Å². The van der Waals surface area contributed by atoms with Crippen molar-refractivity contribution >= 4 is 34.7 Å². The average molecular weight is 289 g/mol. The Morgan fingerprint density at radius 2 is 2.22 bits per heavy atom. The molecule has 0 heterocycles. The molecule has 0 atom stereocenters. The Labute approximate surface area is 116 Å². The van der Waals surface area contributed by atoms with Gasteiger partial charge in [-0.15, -0.1) is 0 Å². The summed E-state index contributed by atoms with van der Waals surface area (Å²) in [7, 11) is 0. The van der Waals surface area contributed by atoms with Gasteiger partial charge in [0.15, 0.2) is 0 Å². The van der Waals surface area contributed by atoms with E-state index in [1.165, 1.54) is 17.0 Å². The number of carbonyl (C=O) groups is 1. The third-order valence-corrected chi connectivity index (χ3v) is 2.65. The first-order valence-electron chi connectivity index (χ1n) is 5.48. The van der Waals surface area contributed by atoms with E-state index in [2.05, 4.69) is 0 Å². The number of benzene rings is 1. The summed E-state index contributed by atoms with van der Waals surface area (Å²) in [6.45, 7) is 2.53. The first-order valence-corrected chi connectivity index (χ1v) is 6.27. The number of hydrogen-bond acceptors (Lipinski definition) is 2. The lowest BCUT2D eigenvalue weighted by Crippen LogP contribution is -2.38. The monoisotopic (exact) mass is 288 g/mol. The van der Waals surface area contributed by atoms with Crippen molar-refractivity contribution in [1.82, 2.24) is 4.90 Å². The molecular weight excluding hydrogens is 275 g/mol. The van der Waals surface area contributed by atoms with Crippen molar-refractivity contribution in [2.24, 2.45) is 5.73 Å². The molecule has 0 saturated heterocycles. The molecule has 0 fully saturated rings. The van der Waals surface area contributed by atoms with Crippen molar-refractivity contribution in [3.63, 3.8) is 0 Å². The minimum absolute atomic E-state index is 0.0240. The van der Waals surface area contributed by atoms with Gasteiger partial charge in [-0.1, -0.05) is 30.7 Å². The third kappa shape index (κ3) is 3.92. The van der Waals surface area contributed by atoms with Gasteiger partial charge in [0.25, 0.3) is 5.91 Å². The maximum absolute atomic E-state index is 13.6. The van der Waals surface area contributed by atoms with Crippen LogP contribution in [-0.4, -0.2) is 28.9 Å². The molecule has 1 rings (SSSR count). The van der Waals surface area contributed by atoms with Crippen molar-refractivity contribution in [3.05, 3.63) is 34.6 Å². The average Bonchev–Trinajstić information content (AvgIpc) is 2.27. The highest BCUT2D eigenvalue weighted by Gasteiger charge is 2.19. The fraction of sp³-hybridized carbons (Fsp3) is 0.333. The standard InChI is InChI=1S/C12H14ClFN2OS/c1-2-5-16(7-11(15)18)12(17)9-4-3-8(13)6-10(9)14/h3-4,6H,2,5,7H2,1H3,(H2,15,18). The van der Waals surface area contributed by atoms with Crippen LogP contribution in [0.1, 0.15) is 23.7 Å². The Bertz CT molecular complexity index is 467. The minimum Gasteiger partial charge on any atom is -0.392 e. The van der Waals surface area contributed by atoms with Gasteiger partial charge in [0.1, 0.15) is 5.82 Å². The predicted octanol–water partition coefficient (Wildman–Crippen LogP) is 2.62. The zero-order valence-corrected chi connectivity index (χ0v) is 11.5. The van der Waals surface area contributed by atoms with E-state index in [4.69, 9.17) is 29.6 Å². The molecule has 2 N–H and O–H groups in total. The summed E-state index contributed by atoms with van der Waals surface area (Å²) in [5, 5.41) is 0.250. The minimum atomic E-state index is -0.642. The van der Waals surface area contributed by atoms with Crippen LogP contribution in [0.5, 0.6) is 0 Å². The van der Waals surface area contributed by atoms with E-state index in [-0.39, 0.29) is 22.1 Å². The van der Waals surface area contributed by atoms with Gasteiger partial charge in [-0.25, -0.2) is 4.39 Å². The van der Waals surface area contributed by atoms with Gasteiger partial charge in [-0.3, -0.25) is 4.79 Å². The number of halogens is 2. The van der Waals surface area contributed by atoms with Crippen LogP contribution in [0, 0.1) is 5.82 Å². The van der Waals surface area contributed by atoms with Crippen molar-refractivity contribution in [2.75, 3.05) is 13.1 Å². The predicted molar refractivity (Wildman–Crippen MR) is 74.4 cm³/mol. The number of rotatable bonds is 5. The molecule has 0 radical (unpaired) electrons. The molecule has 0 aromatic heterocycles. The molecule has 18 heavy (non-hydrogen) atoms. The highest BCUT2D eigenvalue weighted by atomic mass is 35.5. The number of nitrogens with two attached hydrogens (primary N) is 1. The van der Waals surface area contributed by atoms with Crippen molar-refractivity contribution in [2.45, 2.75) is 13.3 Å². The first kappa shape index (κ1) is 14.9. The molecule has 1 aromatic rings. The van der Waals surface area contributed by atoms with Crippen molar-refractivity contribution in [1.29, 1.82) is 0 Å². The van der Waals surface area contributed by atoms with Crippen LogP contribution in [0.15, 0.2) is 18.2 Å². The highest BCUT2D eigenvalue weighted by Crippen LogP contribution is 2.16. The highest BCUT2D eigenvalue weighted by molar-refractivity contribution is 7.80. The lowest BCUT2D eigenvalue weighted by atomic mass is 10.2. The number of hydrogen-bond donors (Lipinski definition) is 1. The molecule has 6 heteroatoms. The third-order valence-electron chi connectivity index (χ3n) is 2.29. The van der Waals surface area contributed by atoms with E-state index in [0.717, 1.165) is 12.5 Å². The Morgan fingerprint density at radius 1 is 1.56 bits per heavy atom. The second-order valence-electron chi connectivity index (χ2n) is 3.82. The molecule has 0 saturated carbocycles. The SMILES string of the molecule is CCCN(CC(N)=S)C(=O)c1ccc(Cl)cc1F. The van der Waals surface area contributed by atoms with Crippen molar-refractivity contribution < 1.29 is 9.18 Å². The summed E-state index contributed by atoms with van der Waals surface area (Å²) >= 11 is 10.4. The number of amides is 1. The second kappa shape index (κ2) is 6.66. The lowest BCUT2D eigenvalue weighted by molar-refractivity contribution is 0.0775. The van der Waals surface area contributed by atoms with Crippen LogP contribution in [-0.2, 0) is 0 Å². The van der Waals surface area contributed by atoms with Gasteiger partial charge in [0.05, 0.1) is 17.1 Å². The Balaban J connectivity index is 2.97. The number of nitrogens with zero attached hydrogens (tertiary/aromatic N) is 1. The van der Waals surface area contributed by atoms with Gasteiger partial charge in [0.2, 0.25) is 0 Å². The molecule has 0 aliphatic carbocycles. The fourth-order valence-corrected chi connectivity index (χ4v) is 1.86. The zero-order chi connectivity index (χ0) is 13.7. The first-order chi connectivity index (χ1) is 8.45. The summed E-state index contributed by atoms with van der Waals surface area (Å²) in [6, 6.07) is 3.95. The molecule has 98 valence electrons. The molecule has 0 bridgehead atoms. The van der Waals surface area contributed by atoms with E-state index in [9.17, 15) is 9.18 Å². The largest absolute Gasteiger partial charge is 0.392 e. The topological polar surface area (TPSA) is 46.3 Å². The van der Waals surface area contributed by atoms with E-state index < -0.39 is 11.7 Å². The van der Waals surface area contributed by atoms with Crippen LogP contribution in [0.4, 0.5) is 4.39 Å². The maximum Gasteiger partial charge on any atom is 0.257 e. The quantitative estimate of drug-likeness (QED) is 0.847. The molecule has 0 spiro atoms. The summed E-state index contributed by atoms with van der Waals surface area (Å²) in [4.78, 5) is 13.8. The second-order valence-corrected chi connectivity index (χ2v) is 4.78. The van der Waals surface area contributed by atoms with Gasteiger partial charge in [-0.05, 0) is 24.6 Å². The number of thiocarbonyl (C=S) groups is 1. The number of carbonyl (C=O) groups excluding carboxylic acids is 1. The lowest BCUT2D eigenvalue weighted by Gasteiger charge is -2.21. The van der Waals surface area contributed by atoms with E-state index in [1.807, 2.05) is 6.92 Å². The molecule has 0 unspecified atom stereocenters. The van der Waals surface area contributed by atoms with Crippen LogP contribution in [0.3, 0.4) is 0 Å². The molecular formula is C12H14ClFN2OS. The van der Waals surface area contributed by atoms with Gasteiger partial charge < -0.3 is 10.6 Å². The van der Waals surface area contributed by atoms with Crippen LogP contribution < -0.4 is 5.73 Å².